The first kappa shape index (κ1) is 11.5. The quantitative estimate of drug-likeness (QED) is 0.723. The molecular formula is C13H9Cl2N3. The molecule has 3 aromatic rings. The number of nitrogens with one attached hydrogen (secondary N) is 1. The van der Waals surface area contributed by atoms with Crippen molar-refractivity contribution in [2.75, 3.05) is 0 Å². The van der Waals surface area contributed by atoms with Gasteiger partial charge >= 0.3 is 0 Å². The van der Waals surface area contributed by atoms with Crippen LogP contribution in [0.15, 0.2) is 30.5 Å². The lowest BCUT2D eigenvalue weighted by Crippen LogP contribution is -1.87. The van der Waals surface area contributed by atoms with E-state index in [1.165, 1.54) is 0 Å². The zero-order valence-electron chi connectivity index (χ0n) is 9.54. The number of halogens is 2. The van der Waals surface area contributed by atoms with Gasteiger partial charge in [-0.2, -0.15) is 0 Å². The lowest BCUT2D eigenvalue weighted by atomic mass is 10.2. The summed E-state index contributed by atoms with van der Waals surface area (Å²) in [7, 11) is 0. The Bertz CT molecular complexity index is 695. The van der Waals surface area contributed by atoms with E-state index in [0.29, 0.717) is 10.0 Å². The standard InChI is InChI=1S/C13H9Cl2N3/c1-7-8(3-2-4-16-7)13-17-11-5-9(14)10(15)6-12(11)18-13/h2-6H,1H3,(H,17,18). The third-order valence-corrected chi connectivity index (χ3v) is 3.51. The van der Waals surface area contributed by atoms with Crippen molar-refractivity contribution in [2.24, 2.45) is 0 Å². The first-order chi connectivity index (χ1) is 8.65. The van der Waals surface area contributed by atoms with Crippen molar-refractivity contribution in [3.8, 4) is 11.4 Å². The first-order valence-corrected chi connectivity index (χ1v) is 6.17. The first-order valence-electron chi connectivity index (χ1n) is 5.42. The predicted molar refractivity (Wildman–Crippen MR) is 74.1 cm³/mol. The third-order valence-electron chi connectivity index (χ3n) is 2.79. The average molecular weight is 278 g/mol. The van der Waals surface area contributed by atoms with Crippen LogP contribution in [-0.2, 0) is 0 Å². The van der Waals surface area contributed by atoms with E-state index in [1.54, 1.807) is 18.3 Å². The fourth-order valence-electron chi connectivity index (χ4n) is 1.87. The molecule has 1 N–H and O–H groups in total. The van der Waals surface area contributed by atoms with Gasteiger partial charge in [-0.3, -0.25) is 4.98 Å². The molecule has 0 radical (unpaired) electrons. The molecule has 0 spiro atoms. The van der Waals surface area contributed by atoms with Gasteiger partial charge < -0.3 is 4.98 Å². The van der Waals surface area contributed by atoms with Gasteiger partial charge in [-0.25, -0.2) is 4.98 Å². The summed E-state index contributed by atoms with van der Waals surface area (Å²) in [6.07, 6.45) is 1.76. The van der Waals surface area contributed by atoms with Crippen LogP contribution in [0.2, 0.25) is 10.0 Å². The van der Waals surface area contributed by atoms with E-state index >= 15 is 0 Å². The molecule has 0 aliphatic carbocycles. The molecule has 0 aliphatic heterocycles. The number of rotatable bonds is 1. The highest BCUT2D eigenvalue weighted by molar-refractivity contribution is 6.42. The number of nitrogens with zero attached hydrogens (tertiary/aromatic N) is 2. The Labute approximate surface area is 114 Å². The molecule has 0 amide bonds. The molecule has 18 heavy (non-hydrogen) atoms. The third kappa shape index (κ3) is 1.85. The van der Waals surface area contributed by atoms with Crippen molar-refractivity contribution in [3.05, 3.63) is 46.2 Å². The molecule has 2 heterocycles. The zero-order valence-corrected chi connectivity index (χ0v) is 11.0. The van der Waals surface area contributed by atoms with Gasteiger partial charge in [-0.1, -0.05) is 23.2 Å². The Morgan fingerprint density at radius 2 is 1.94 bits per heavy atom. The maximum atomic E-state index is 5.98. The molecule has 0 saturated heterocycles. The monoisotopic (exact) mass is 277 g/mol. The predicted octanol–water partition coefficient (Wildman–Crippen LogP) is 4.24. The Hall–Kier alpha value is -1.58. The normalized spacial score (nSPS) is 11.1. The van der Waals surface area contributed by atoms with Crippen molar-refractivity contribution in [1.29, 1.82) is 0 Å². The summed E-state index contributed by atoms with van der Waals surface area (Å²) < 4.78 is 0. The summed E-state index contributed by atoms with van der Waals surface area (Å²) in [5.41, 5.74) is 3.56. The molecule has 0 aliphatic rings. The van der Waals surface area contributed by atoms with Crippen LogP contribution in [-0.4, -0.2) is 15.0 Å². The van der Waals surface area contributed by atoms with Crippen LogP contribution in [0.1, 0.15) is 5.69 Å². The summed E-state index contributed by atoms with van der Waals surface area (Å²) >= 11 is 12.0. The van der Waals surface area contributed by atoms with Crippen LogP contribution in [0.3, 0.4) is 0 Å². The highest BCUT2D eigenvalue weighted by atomic mass is 35.5. The molecule has 0 unspecified atom stereocenters. The molecule has 90 valence electrons. The summed E-state index contributed by atoms with van der Waals surface area (Å²) in [5, 5.41) is 1.02. The molecule has 5 heteroatoms. The van der Waals surface area contributed by atoms with Crippen molar-refractivity contribution in [1.82, 2.24) is 15.0 Å². The lowest BCUT2D eigenvalue weighted by Gasteiger charge is -1.99. The van der Waals surface area contributed by atoms with Crippen LogP contribution >= 0.6 is 23.2 Å². The molecular weight excluding hydrogens is 269 g/mol. The van der Waals surface area contributed by atoms with Crippen molar-refractivity contribution < 1.29 is 0 Å². The zero-order chi connectivity index (χ0) is 12.7. The summed E-state index contributed by atoms with van der Waals surface area (Å²) in [5.74, 6) is 0.772. The maximum Gasteiger partial charge on any atom is 0.140 e. The molecule has 1 aromatic carbocycles. The molecule has 0 saturated carbocycles. The minimum Gasteiger partial charge on any atom is -0.338 e. The van der Waals surface area contributed by atoms with Crippen molar-refractivity contribution in [3.63, 3.8) is 0 Å². The van der Waals surface area contributed by atoms with Crippen molar-refractivity contribution in [2.45, 2.75) is 6.92 Å². The number of imidazole rings is 1. The second kappa shape index (κ2) is 4.26. The number of hydrogen-bond acceptors (Lipinski definition) is 2. The number of aryl methyl sites for hydroxylation is 1. The minimum absolute atomic E-state index is 0.505. The van der Waals surface area contributed by atoms with E-state index < -0.39 is 0 Å². The van der Waals surface area contributed by atoms with Gasteiger partial charge in [0.1, 0.15) is 5.82 Å². The average Bonchev–Trinajstić information content (AvgIpc) is 2.73. The summed E-state index contributed by atoms with van der Waals surface area (Å²) in [6, 6.07) is 7.39. The number of aromatic nitrogens is 3. The molecule has 0 atom stereocenters. The van der Waals surface area contributed by atoms with Crippen LogP contribution in [0.4, 0.5) is 0 Å². The number of aromatic amines is 1. The Morgan fingerprint density at radius 1 is 1.17 bits per heavy atom. The Kier molecular flexibility index (Phi) is 2.73. The van der Waals surface area contributed by atoms with E-state index in [1.807, 2.05) is 19.1 Å². The van der Waals surface area contributed by atoms with E-state index in [-0.39, 0.29) is 0 Å². The molecule has 3 nitrogen and oxygen atoms in total. The van der Waals surface area contributed by atoms with Crippen LogP contribution in [0.25, 0.3) is 22.4 Å². The Balaban J connectivity index is 2.23. The Morgan fingerprint density at radius 3 is 2.72 bits per heavy atom. The molecule has 0 fully saturated rings. The second-order valence-corrected chi connectivity index (χ2v) is 4.82. The number of pyridine rings is 1. The summed E-state index contributed by atoms with van der Waals surface area (Å²) in [6.45, 7) is 1.95. The highest BCUT2D eigenvalue weighted by Gasteiger charge is 2.10. The lowest BCUT2D eigenvalue weighted by molar-refractivity contribution is 1.18. The van der Waals surface area contributed by atoms with Crippen LogP contribution in [0, 0.1) is 6.92 Å². The fourth-order valence-corrected chi connectivity index (χ4v) is 2.19. The van der Waals surface area contributed by atoms with E-state index in [9.17, 15) is 0 Å². The van der Waals surface area contributed by atoms with Gasteiger partial charge in [0, 0.05) is 17.5 Å². The fraction of sp³-hybridized carbons (Fsp3) is 0.0769. The largest absolute Gasteiger partial charge is 0.338 e. The van der Waals surface area contributed by atoms with Crippen molar-refractivity contribution >= 4 is 34.2 Å². The van der Waals surface area contributed by atoms with E-state index in [0.717, 1.165) is 28.1 Å². The number of benzene rings is 1. The number of H-pyrrole nitrogens is 1. The maximum absolute atomic E-state index is 5.98. The van der Waals surface area contributed by atoms with E-state index in [4.69, 9.17) is 23.2 Å². The molecule has 3 rings (SSSR count). The molecule has 0 bridgehead atoms. The highest BCUT2D eigenvalue weighted by Crippen LogP contribution is 2.29. The van der Waals surface area contributed by atoms with Crippen LogP contribution in [0.5, 0.6) is 0 Å². The van der Waals surface area contributed by atoms with Gasteiger partial charge in [-0.05, 0) is 31.2 Å². The van der Waals surface area contributed by atoms with Gasteiger partial charge in [0.2, 0.25) is 0 Å². The van der Waals surface area contributed by atoms with Gasteiger partial charge in [0.05, 0.1) is 21.1 Å². The SMILES string of the molecule is Cc1ncccc1-c1nc2cc(Cl)c(Cl)cc2[nH]1. The second-order valence-electron chi connectivity index (χ2n) is 4.01. The molecule has 2 aromatic heterocycles. The number of fused-ring (bicyclic) bond motifs is 1. The van der Waals surface area contributed by atoms with Gasteiger partial charge in [-0.15, -0.1) is 0 Å². The smallest absolute Gasteiger partial charge is 0.140 e. The van der Waals surface area contributed by atoms with Gasteiger partial charge in [0.15, 0.2) is 0 Å². The van der Waals surface area contributed by atoms with E-state index in [2.05, 4.69) is 15.0 Å². The van der Waals surface area contributed by atoms with Gasteiger partial charge in [0.25, 0.3) is 0 Å². The van der Waals surface area contributed by atoms with Crippen LogP contribution < -0.4 is 0 Å². The topological polar surface area (TPSA) is 41.6 Å². The number of hydrogen-bond donors (Lipinski definition) is 1. The minimum atomic E-state index is 0.505. The summed E-state index contributed by atoms with van der Waals surface area (Å²) in [4.78, 5) is 12.0.